The van der Waals surface area contributed by atoms with Crippen molar-refractivity contribution in [1.29, 1.82) is 0 Å². The molecule has 0 saturated carbocycles. The molecule has 7 heavy (non-hydrogen) atoms. The van der Waals surface area contributed by atoms with Crippen LogP contribution in [0.15, 0.2) is 0 Å². The molecule has 0 saturated heterocycles. The van der Waals surface area contributed by atoms with Gasteiger partial charge >= 0.3 is 0 Å². The lowest BCUT2D eigenvalue weighted by molar-refractivity contribution is -0.111. The summed E-state index contributed by atoms with van der Waals surface area (Å²) in [5, 5.41) is 0.304. The van der Waals surface area contributed by atoms with Gasteiger partial charge in [-0.2, -0.15) is 0 Å². The Morgan fingerprint density at radius 3 is 2.57 bits per heavy atom. The lowest BCUT2D eigenvalue weighted by Gasteiger charge is -1.81. The molecular formula is C5H8OSi. The van der Waals surface area contributed by atoms with E-state index in [1.807, 2.05) is 0 Å². The summed E-state index contributed by atoms with van der Waals surface area (Å²) in [7, 11) is 0.649. The highest BCUT2D eigenvalue weighted by molar-refractivity contribution is 6.57. The van der Waals surface area contributed by atoms with Crippen LogP contribution in [-0.2, 0) is 4.79 Å². The maximum Gasteiger partial charge on any atom is 0.101 e. The van der Waals surface area contributed by atoms with Crippen molar-refractivity contribution in [3.8, 4) is 12.3 Å². The predicted molar refractivity (Wildman–Crippen MR) is 33.0 cm³/mol. The van der Waals surface area contributed by atoms with Crippen molar-refractivity contribution < 1.29 is 4.79 Å². The highest BCUT2D eigenvalue weighted by Crippen LogP contribution is 1.82. The van der Waals surface area contributed by atoms with Crippen molar-refractivity contribution in [2.24, 2.45) is 0 Å². The minimum Gasteiger partial charge on any atom is -0.307 e. The molecule has 0 atom stereocenters. The number of terminal acetylenes is 1. The lowest BCUT2D eigenvalue weighted by Crippen LogP contribution is -1.92. The summed E-state index contributed by atoms with van der Waals surface area (Å²) in [5.41, 5.74) is 0. The van der Waals surface area contributed by atoms with Gasteiger partial charge in [0.15, 0.2) is 0 Å². The average molecular weight is 112 g/mol. The minimum absolute atomic E-state index is 0.304. The van der Waals surface area contributed by atoms with E-state index in [9.17, 15) is 4.79 Å². The quantitative estimate of drug-likeness (QED) is 0.341. The second-order valence-corrected chi connectivity index (χ2v) is 2.52. The molecule has 0 spiro atoms. The van der Waals surface area contributed by atoms with E-state index in [4.69, 9.17) is 6.42 Å². The summed E-state index contributed by atoms with van der Waals surface area (Å²) in [6.07, 6.45) is 6.09. The topological polar surface area (TPSA) is 17.1 Å². The first kappa shape index (κ1) is 6.45. The van der Waals surface area contributed by atoms with Crippen LogP contribution in [0, 0.1) is 12.3 Å². The third-order valence-corrected chi connectivity index (χ3v) is 1.12. The summed E-state index contributed by atoms with van der Waals surface area (Å²) in [4.78, 5) is 10.2. The van der Waals surface area contributed by atoms with E-state index in [1.165, 1.54) is 0 Å². The van der Waals surface area contributed by atoms with Crippen molar-refractivity contribution in [1.82, 2.24) is 0 Å². The van der Waals surface area contributed by atoms with E-state index in [2.05, 4.69) is 5.92 Å². The van der Waals surface area contributed by atoms with E-state index in [0.717, 1.165) is 0 Å². The molecule has 0 bridgehead atoms. The van der Waals surface area contributed by atoms with Gasteiger partial charge in [-0.15, -0.1) is 12.3 Å². The Bertz CT molecular complexity index is 101. The van der Waals surface area contributed by atoms with Crippen LogP contribution in [0.2, 0.25) is 0 Å². The molecule has 0 aliphatic rings. The maximum absolute atomic E-state index is 10.2. The smallest absolute Gasteiger partial charge is 0.101 e. The van der Waals surface area contributed by atoms with Gasteiger partial charge in [0, 0.05) is 12.8 Å². The van der Waals surface area contributed by atoms with Gasteiger partial charge in [0.05, 0.1) is 10.2 Å². The molecule has 0 unspecified atom stereocenters. The van der Waals surface area contributed by atoms with Crippen LogP contribution in [0.25, 0.3) is 0 Å². The number of carbonyl (C=O) groups is 1. The Morgan fingerprint density at radius 1 is 1.86 bits per heavy atom. The molecule has 0 fully saturated rings. The highest BCUT2D eigenvalue weighted by Gasteiger charge is 1.85. The Labute approximate surface area is 46.5 Å². The second-order valence-electron chi connectivity index (χ2n) is 1.41. The van der Waals surface area contributed by atoms with E-state index in [-0.39, 0.29) is 0 Å². The molecule has 0 aromatic rings. The first-order chi connectivity index (χ1) is 3.27. The molecule has 0 aliphatic carbocycles. The molecule has 0 aliphatic heterocycles. The zero-order valence-electron chi connectivity index (χ0n) is 4.40. The summed E-state index contributed by atoms with van der Waals surface area (Å²) in [6, 6.07) is 0. The van der Waals surface area contributed by atoms with Gasteiger partial charge in [0.1, 0.15) is 5.41 Å². The zero-order valence-corrected chi connectivity index (χ0v) is 6.40. The van der Waals surface area contributed by atoms with Crippen molar-refractivity contribution in [3.63, 3.8) is 0 Å². The van der Waals surface area contributed by atoms with Crippen LogP contribution in [0.3, 0.4) is 0 Å². The summed E-state index contributed by atoms with van der Waals surface area (Å²) in [5.74, 6) is 2.40. The molecular weight excluding hydrogens is 104 g/mol. The molecule has 0 heterocycles. The predicted octanol–water partition coefficient (Wildman–Crippen LogP) is -0.708. The Kier molecular flexibility index (Phi) is 3.34. The van der Waals surface area contributed by atoms with Gasteiger partial charge in [-0.25, -0.2) is 0 Å². The first-order valence-corrected chi connectivity index (χ1v) is 3.20. The average Bonchev–Trinajstić information content (AvgIpc) is 1.61. The molecule has 0 radical (unpaired) electrons. The summed E-state index contributed by atoms with van der Waals surface area (Å²) < 4.78 is 0. The van der Waals surface area contributed by atoms with Crippen LogP contribution in [0.5, 0.6) is 0 Å². The van der Waals surface area contributed by atoms with Crippen molar-refractivity contribution in [3.05, 3.63) is 0 Å². The van der Waals surface area contributed by atoms with Gasteiger partial charge < -0.3 is 4.79 Å². The molecule has 0 rings (SSSR count). The van der Waals surface area contributed by atoms with Crippen LogP contribution in [0.1, 0.15) is 12.8 Å². The molecule has 38 valence electrons. The van der Waals surface area contributed by atoms with Crippen LogP contribution >= 0.6 is 0 Å². The standard InChI is InChI=1S/C5H8OSi/c1-2-3-4-5(6)7/h1H,3-4H2,7H3. The third kappa shape index (κ3) is 5.45. The summed E-state index contributed by atoms with van der Waals surface area (Å²) >= 11 is 0. The number of rotatable bonds is 2. The van der Waals surface area contributed by atoms with Gasteiger partial charge in [-0.1, -0.05) is 0 Å². The van der Waals surface area contributed by atoms with E-state index < -0.39 is 0 Å². The maximum atomic E-state index is 10.2. The summed E-state index contributed by atoms with van der Waals surface area (Å²) in [6.45, 7) is 0. The van der Waals surface area contributed by atoms with Gasteiger partial charge in [0.2, 0.25) is 0 Å². The molecule has 2 heteroatoms. The lowest BCUT2D eigenvalue weighted by atomic mass is 10.3. The number of hydrogen-bond donors (Lipinski definition) is 0. The molecule has 0 amide bonds. The fourth-order valence-corrected chi connectivity index (χ4v) is 0.498. The SMILES string of the molecule is C#CCCC(=O)[SiH3]. The normalized spacial score (nSPS) is 7.86. The van der Waals surface area contributed by atoms with Gasteiger partial charge in [0.25, 0.3) is 0 Å². The number of hydrogen-bond acceptors (Lipinski definition) is 1. The third-order valence-electron chi connectivity index (χ3n) is 0.621. The fourth-order valence-electron chi connectivity index (χ4n) is 0.248. The Morgan fingerprint density at radius 2 is 2.43 bits per heavy atom. The Hall–Kier alpha value is -0.553. The van der Waals surface area contributed by atoms with Crippen LogP contribution < -0.4 is 0 Å². The largest absolute Gasteiger partial charge is 0.307 e. The monoisotopic (exact) mass is 112 g/mol. The van der Waals surface area contributed by atoms with E-state index in [0.29, 0.717) is 28.5 Å². The highest BCUT2D eigenvalue weighted by atomic mass is 28.1. The van der Waals surface area contributed by atoms with Crippen molar-refractivity contribution in [2.75, 3.05) is 0 Å². The van der Waals surface area contributed by atoms with E-state index >= 15 is 0 Å². The molecule has 1 nitrogen and oxygen atoms in total. The van der Waals surface area contributed by atoms with Gasteiger partial charge in [-0.05, 0) is 0 Å². The van der Waals surface area contributed by atoms with Crippen molar-refractivity contribution >= 4 is 15.6 Å². The van der Waals surface area contributed by atoms with Crippen LogP contribution in [0.4, 0.5) is 0 Å². The van der Waals surface area contributed by atoms with E-state index in [1.54, 1.807) is 0 Å². The minimum atomic E-state index is 0.304. The van der Waals surface area contributed by atoms with Crippen LogP contribution in [-0.4, -0.2) is 15.6 Å². The number of carbonyl (C=O) groups excluding carboxylic acids is 1. The first-order valence-electron chi connectivity index (χ1n) is 2.20. The zero-order chi connectivity index (χ0) is 5.70. The molecule has 0 N–H and O–H groups in total. The Balaban J connectivity index is 3.02. The molecule has 0 aromatic heterocycles. The van der Waals surface area contributed by atoms with Crippen molar-refractivity contribution in [2.45, 2.75) is 12.8 Å². The fraction of sp³-hybridized carbons (Fsp3) is 0.400. The second kappa shape index (κ2) is 3.63. The van der Waals surface area contributed by atoms with Gasteiger partial charge in [-0.3, -0.25) is 0 Å². The molecule has 0 aromatic carbocycles.